The molecule has 0 aromatic rings. The highest BCUT2D eigenvalue weighted by Crippen LogP contribution is 2.35. The van der Waals surface area contributed by atoms with Gasteiger partial charge in [-0.05, 0) is 43.4 Å². The van der Waals surface area contributed by atoms with Crippen molar-refractivity contribution in [1.29, 1.82) is 0 Å². The van der Waals surface area contributed by atoms with Crippen LogP contribution in [0.15, 0.2) is 0 Å². The van der Waals surface area contributed by atoms with Gasteiger partial charge in [0.1, 0.15) is 0 Å². The Balaban J connectivity index is 1.95. The molecule has 100 valence electrons. The summed E-state index contributed by atoms with van der Waals surface area (Å²) in [6, 6.07) is 0. The molecule has 1 unspecified atom stereocenters. The molecule has 0 amide bonds. The van der Waals surface area contributed by atoms with E-state index in [1.807, 2.05) is 6.92 Å². The Kier molecular flexibility index (Phi) is 4.37. The molecule has 3 nitrogen and oxygen atoms in total. The van der Waals surface area contributed by atoms with Crippen LogP contribution in [0.1, 0.15) is 32.6 Å². The first-order chi connectivity index (χ1) is 8.01. The predicted octanol–water partition coefficient (Wildman–Crippen LogP) is 2.31. The molecule has 5 heteroatoms. The van der Waals surface area contributed by atoms with Gasteiger partial charge in [0.05, 0.1) is 5.75 Å². The lowest BCUT2D eigenvalue weighted by Gasteiger charge is -2.23. The number of rotatable bonds is 8. The second kappa shape index (κ2) is 5.45. The highest BCUT2D eigenvalue weighted by molar-refractivity contribution is 7.89. The van der Waals surface area contributed by atoms with E-state index in [2.05, 4.69) is 0 Å². The summed E-state index contributed by atoms with van der Waals surface area (Å²) in [6.07, 6.45) is 4.78. The zero-order chi connectivity index (χ0) is 12.5. The van der Waals surface area contributed by atoms with E-state index < -0.39 is 10.0 Å². The largest absolute Gasteiger partial charge is 0.214 e. The molecule has 0 aromatic heterocycles. The number of halogens is 1. The number of alkyl halides is 1. The van der Waals surface area contributed by atoms with Gasteiger partial charge in [-0.25, -0.2) is 12.7 Å². The summed E-state index contributed by atoms with van der Waals surface area (Å²) in [5, 5.41) is 0. The van der Waals surface area contributed by atoms with Crippen molar-refractivity contribution in [3.8, 4) is 0 Å². The van der Waals surface area contributed by atoms with Crippen molar-refractivity contribution >= 4 is 21.6 Å². The van der Waals surface area contributed by atoms with Gasteiger partial charge in [-0.1, -0.05) is 6.92 Å². The SMILES string of the molecule is CC(CCl)CS(=O)(=O)N(CC1CC1)CC1CC1. The molecule has 2 fully saturated rings. The molecule has 17 heavy (non-hydrogen) atoms. The first-order valence-corrected chi connectivity index (χ1v) is 8.69. The second-order valence-electron chi connectivity index (χ2n) is 5.74. The highest BCUT2D eigenvalue weighted by atomic mass is 35.5. The third-order valence-electron chi connectivity index (χ3n) is 3.47. The fourth-order valence-electron chi connectivity index (χ4n) is 1.99. The average Bonchev–Trinajstić information content (AvgIpc) is 3.10. The van der Waals surface area contributed by atoms with Crippen molar-refractivity contribution in [2.45, 2.75) is 32.6 Å². The van der Waals surface area contributed by atoms with Crippen LogP contribution in [-0.2, 0) is 10.0 Å². The Labute approximate surface area is 110 Å². The van der Waals surface area contributed by atoms with Gasteiger partial charge in [0.2, 0.25) is 10.0 Å². The minimum atomic E-state index is -3.09. The van der Waals surface area contributed by atoms with Gasteiger partial charge in [-0.3, -0.25) is 0 Å². The maximum Gasteiger partial charge on any atom is 0.214 e. The number of hydrogen-bond acceptors (Lipinski definition) is 2. The van der Waals surface area contributed by atoms with Crippen LogP contribution >= 0.6 is 11.6 Å². The van der Waals surface area contributed by atoms with Crippen LogP contribution in [0.5, 0.6) is 0 Å². The van der Waals surface area contributed by atoms with Crippen LogP contribution in [-0.4, -0.2) is 37.4 Å². The Hall–Kier alpha value is 0.200. The fourth-order valence-corrected chi connectivity index (χ4v) is 4.15. The van der Waals surface area contributed by atoms with Gasteiger partial charge >= 0.3 is 0 Å². The van der Waals surface area contributed by atoms with Crippen LogP contribution in [0.3, 0.4) is 0 Å². The standard InChI is InChI=1S/C12H22ClNO2S/c1-10(6-13)9-17(15,16)14(7-11-2-3-11)8-12-4-5-12/h10-12H,2-9H2,1H3. The number of hydrogen-bond donors (Lipinski definition) is 0. The lowest BCUT2D eigenvalue weighted by Crippen LogP contribution is -2.38. The molecule has 0 aliphatic heterocycles. The number of sulfonamides is 1. The minimum absolute atomic E-state index is 0.0440. The molecule has 1 atom stereocenters. The molecule has 0 radical (unpaired) electrons. The van der Waals surface area contributed by atoms with E-state index in [1.54, 1.807) is 4.31 Å². The summed E-state index contributed by atoms with van der Waals surface area (Å²) >= 11 is 5.72. The average molecular weight is 280 g/mol. The monoisotopic (exact) mass is 279 g/mol. The van der Waals surface area contributed by atoms with E-state index in [9.17, 15) is 8.42 Å². The van der Waals surface area contributed by atoms with E-state index >= 15 is 0 Å². The molecule has 0 heterocycles. The van der Waals surface area contributed by atoms with Crippen molar-refractivity contribution in [1.82, 2.24) is 4.31 Å². The summed E-state index contributed by atoms with van der Waals surface area (Å²) in [5.74, 6) is 1.91. The predicted molar refractivity (Wildman–Crippen MR) is 70.7 cm³/mol. The molecule has 0 spiro atoms. The molecule has 0 bridgehead atoms. The van der Waals surface area contributed by atoms with Crippen LogP contribution in [0.25, 0.3) is 0 Å². The van der Waals surface area contributed by atoms with Crippen LogP contribution in [0.4, 0.5) is 0 Å². The molecule has 0 N–H and O–H groups in total. The van der Waals surface area contributed by atoms with Gasteiger partial charge in [0, 0.05) is 19.0 Å². The topological polar surface area (TPSA) is 37.4 Å². The van der Waals surface area contributed by atoms with Crippen molar-refractivity contribution < 1.29 is 8.42 Å². The lowest BCUT2D eigenvalue weighted by molar-refractivity contribution is 0.379. The zero-order valence-electron chi connectivity index (χ0n) is 10.4. The van der Waals surface area contributed by atoms with E-state index in [0.717, 1.165) is 13.1 Å². The van der Waals surface area contributed by atoms with Gasteiger partial charge in [-0.2, -0.15) is 0 Å². The molecule has 2 rings (SSSR count). The maximum atomic E-state index is 12.3. The Bertz CT molecular complexity index is 336. The third-order valence-corrected chi connectivity index (χ3v) is 6.07. The Morgan fingerprint density at radius 1 is 1.18 bits per heavy atom. The van der Waals surface area contributed by atoms with Gasteiger partial charge in [0.25, 0.3) is 0 Å². The second-order valence-corrected chi connectivity index (χ2v) is 8.06. The lowest BCUT2D eigenvalue weighted by atomic mass is 10.3. The van der Waals surface area contributed by atoms with Crippen molar-refractivity contribution in [2.24, 2.45) is 17.8 Å². The summed E-state index contributed by atoms with van der Waals surface area (Å²) in [4.78, 5) is 0. The molecular weight excluding hydrogens is 258 g/mol. The van der Waals surface area contributed by atoms with E-state index in [-0.39, 0.29) is 11.7 Å². The quantitative estimate of drug-likeness (QED) is 0.640. The van der Waals surface area contributed by atoms with Crippen molar-refractivity contribution in [3.63, 3.8) is 0 Å². The smallest absolute Gasteiger partial charge is 0.212 e. The van der Waals surface area contributed by atoms with Gasteiger partial charge < -0.3 is 0 Å². The van der Waals surface area contributed by atoms with Crippen molar-refractivity contribution in [3.05, 3.63) is 0 Å². The van der Waals surface area contributed by atoms with Crippen LogP contribution < -0.4 is 0 Å². The zero-order valence-corrected chi connectivity index (χ0v) is 12.0. The minimum Gasteiger partial charge on any atom is -0.212 e. The Morgan fingerprint density at radius 2 is 1.65 bits per heavy atom. The van der Waals surface area contributed by atoms with Crippen LogP contribution in [0, 0.1) is 17.8 Å². The van der Waals surface area contributed by atoms with Gasteiger partial charge in [-0.15, -0.1) is 11.6 Å². The fraction of sp³-hybridized carbons (Fsp3) is 1.00. The summed E-state index contributed by atoms with van der Waals surface area (Å²) in [7, 11) is -3.09. The third kappa shape index (κ3) is 4.42. The Morgan fingerprint density at radius 3 is 2.00 bits per heavy atom. The first kappa shape index (κ1) is 13.6. The van der Waals surface area contributed by atoms with Gasteiger partial charge in [0.15, 0.2) is 0 Å². The summed E-state index contributed by atoms with van der Waals surface area (Å²) < 4.78 is 26.3. The normalized spacial score (nSPS) is 23.0. The molecule has 0 aromatic carbocycles. The van der Waals surface area contributed by atoms with Crippen LogP contribution in [0.2, 0.25) is 0 Å². The van der Waals surface area contributed by atoms with Crippen molar-refractivity contribution in [2.75, 3.05) is 24.7 Å². The van der Waals surface area contributed by atoms with E-state index in [4.69, 9.17) is 11.6 Å². The first-order valence-electron chi connectivity index (χ1n) is 6.55. The maximum absolute atomic E-state index is 12.3. The van der Waals surface area contributed by atoms with E-state index in [1.165, 1.54) is 25.7 Å². The molecular formula is C12H22ClNO2S. The van der Waals surface area contributed by atoms with E-state index in [0.29, 0.717) is 17.7 Å². The molecule has 0 saturated heterocycles. The molecule has 2 aliphatic carbocycles. The highest BCUT2D eigenvalue weighted by Gasteiger charge is 2.35. The molecule has 2 saturated carbocycles. The number of nitrogens with zero attached hydrogens (tertiary/aromatic N) is 1. The summed E-state index contributed by atoms with van der Waals surface area (Å²) in [5.41, 5.74) is 0. The summed E-state index contributed by atoms with van der Waals surface area (Å²) in [6.45, 7) is 3.39. The molecule has 2 aliphatic rings.